The molecule has 2 aliphatic carbocycles. The van der Waals surface area contributed by atoms with Gasteiger partial charge in [0.15, 0.2) is 24.3 Å². The van der Waals surface area contributed by atoms with Crippen molar-refractivity contribution in [3.05, 3.63) is 0 Å². The fourth-order valence-corrected chi connectivity index (χ4v) is 6.76. The molecular formula is C28H54N8O13. The average molecular weight is 711 g/mol. The monoisotopic (exact) mass is 710 g/mol. The highest BCUT2D eigenvalue weighted by Crippen LogP contribution is 2.43. The van der Waals surface area contributed by atoms with Gasteiger partial charge in [0, 0.05) is 32.0 Å². The maximum atomic E-state index is 13.4. The summed E-state index contributed by atoms with van der Waals surface area (Å²) in [5, 5.41) is 88.2. The number of carbonyl (C=O) groups is 1. The number of rotatable bonds is 15. The van der Waals surface area contributed by atoms with Crippen LogP contribution in [0.1, 0.15) is 25.7 Å². The Hall–Kier alpha value is -1.74. The molecule has 0 spiro atoms. The summed E-state index contributed by atoms with van der Waals surface area (Å²) in [4.78, 5) is 17.2. The Morgan fingerprint density at radius 3 is 2.20 bits per heavy atom. The van der Waals surface area contributed by atoms with E-state index in [-0.39, 0.29) is 51.3 Å². The zero-order valence-corrected chi connectivity index (χ0v) is 27.0. The predicted molar refractivity (Wildman–Crippen MR) is 168 cm³/mol. The third kappa shape index (κ3) is 8.84. The summed E-state index contributed by atoms with van der Waals surface area (Å²) in [6, 6.07) is -4.37. The normalized spacial score (nSPS) is 46.2. The van der Waals surface area contributed by atoms with E-state index in [1.54, 1.807) is 0 Å². The maximum Gasteiger partial charge on any atom is 0.186 e. The molecule has 2 aliphatic heterocycles. The number of aliphatic imine (C=N–C) groups is 1. The Morgan fingerprint density at radius 1 is 0.939 bits per heavy atom. The number of nitrogens with one attached hydrogen (secondary N) is 1. The Morgan fingerprint density at radius 2 is 1.59 bits per heavy atom. The van der Waals surface area contributed by atoms with Crippen LogP contribution in [-0.2, 0) is 23.7 Å². The molecule has 4 unspecified atom stereocenters. The zero-order chi connectivity index (χ0) is 36.4. The first kappa shape index (κ1) is 40.0. The first-order chi connectivity index (χ1) is 23.1. The van der Waals surface area contributed by atoms with Gasteiger partial charge in [-0.15, -0.1) is 0 Å². The van der Waals surface area contributed by atoms with E-state index >= 15 is 0 Å². The molecule has 49 heavy (non-hydrogen) atoms. The van der Waals surface area contributed by atoms with Gasteiger partial charge in [0.2, 0.25) is 0 Å². The molecule has 21 nitrogen and oxygen atoms in total. The smallest absolute Gasteiger partial charge is 0.186 e. The predicted octanol–water partition coefficient (Wildman–Crippen LogP) is -8.96. The second-order valence-electron chi connectivity index (χ2n) is 13.4. The van der Waals surface area contributed by atoms with E-state index in [0.29, 0.717) is 0 Å². The third-order valence-electron chi connectivity index (χ3n) is 9.81. The largest absolute Gasteiger partial charge is 0.394 e. The third-order valence-corrected chi connectivity index (χ3v) is 9.81. The first-order valence-corrected chi connectivity index (χ1v) is 16.4. The van der Waals surface area contributed by atoms with Crippen molar-refractivity contribution >= 4 is 11.7 Å². The van der Waals surface area contributed by atoms with Gasteiger partial charge in [0.1, 0.15) is 54.4 Å². The lowest BCUT2D eigenvalue weighted by atomic mass is 9.76. The van der Waals surface area contributed by atoms with Crippen molar-refractivity contribution < 1.29 is 64.6 Å². The lowest BCUT2D eigenvalue weighted by Gasteiger charge is -2.49. The van der Waals surface area contributed by atoms with Crippen LogP contribution < -0.4 is 39.7 Å². The van der Waals surface area contributed by atoms with Gasteiger partial charge in [-0.2, -0.15) is 0 Å². The summed E-state index contributed by atoms with van der Waals surface area (Å²) in [5.41, 5.74) is 32.7. The Balaban J connectivity index is 1.60. The number of nitrogens with two attached hydrogens (primary N) is 6. The number of aliphatic hydroxyl groups excluding tert-OH is 7. The number of aliphatic hydroxyl groups is 8. The molecule has 0 aromatic carbocycles. The quantitative estimate of drug-likeness (QED) is 0.0554. The van der Waals surface area contributed by atoms with Crippen molar-refractivity contribution in [2.75, 3.05) is 26.2 Å². The number of guanidine groups is 1. The van der Waals surface area contributed by atoms with Gasteiger partial charge in [-0.05, 0) is 25.3 Å². The minimum Gasteiger partial charge on any atom is -0.394 e. The van der Waals surface area contributed by atoms with Crippen LogP contribution in [0.5, 0.6) is 0 Å². The average Bonchev–Trinajstić information content (AvgIpc) is 3.71. The number of ketones is 1. The highest BCUT2D eigenvalue weighted by atomic mass is 16.7. The number of carbonyl (C=O) groups excluding carboxylic acids is 1. The van der Waals surface area contributed by atoms with E-state index in [2.05, 4.69) is 10.3 Å². The van der Waals surface area contributed by atoms with Crippen molar-refractivity contribution in [1.82, 2.24) is 5.32 Å². The van der Waals surface area contributed by atoms with E-state index in [1.165, 1.54) is 0 Å². The SMILES string of the molecule is NCCC(O)CN[C@H]1[C@@H](OC2[C@@H](N)C[C@@H](CC(=O)C3(O)CC3N=C(N)N)[C@H](O[C@H]3O[C@H](CO)[C@@H](O)[C@H](N)[C@H]3O)[C@H]2O)O[C@H](CN)[C@@H](O)[C@@H]1O. The molecule has 18 atom stereocenters. The molecule has 21 N–H and O–H groups in total. The Labute approximate surface area is 282 Å². The fraction of sp³-hybridized carbons (Fsp3) is 0.929. The zero-order valence-electron chi connectivity index (χ0n) is 27.0. The summed E-state index contributed by atoms with van der Waals surface area (Å²) in [6.45, 7) is -0.784. The molecule has 0 bridgehead atoms. The van der Waals surface area contributed by atoms with Gasteiger partial charge >= 0.3 is 0 Å². The highest BCUT2D eigenvalue weighted by Gasteiger charge is 2.60. The second-order valence-corrected chi connectivity index (χ2v) is 13.4. The number of hydrogen-bond acceptors (Lipinski definition) is 19. The topological polar surface area (TPSA) is 396 Å². The van der Waals surface area contributed by atoms with Crippen LogP contribution in [0.3, 0.4) is 0 Å². The lowest BCUT2D eigenvalue weighted by molar-refractivity contribution is -0.324. The molecule has 4 aliphatic rings. The molecule has 2 heterocycles. The van der Waals surface area contributed by atoms with E-state index in [0.717, 1.165) is 0 Å². The second kappa shape index (κ2) is 16.7. The Kier molecular flexibility index (Phi) is 13.7. The van der Waals surface area contributed by atoms with Gasteiger partial charge in [-0.1, -0.05) is 0 Å². The number of Topliss-reactive ketones (excluding diaryl/α,β-unsaturated/α-hetero) is 1. The van der Waals surface area contributed by atoms with Gasteiger partial charge in [0.05, 0.1) is 36.9 Å². The molecule has 284 valence electrons. The summed E-state index contributed by atoms with van der Waals surface area (Å²) in [5.74, 6) is -1.90. The lowest BCUT2D eigenvalue weighted by Crippen LogP contribution is -2.68. The van der Waals surface area contributed by atoms with Crippen LogP contribution in [0.25, 0.3) is 0 Å². The van der Waals surface area contributed by atoms with E-state index in [4.69, 9.17) is 53.3 Å². The van der Waals surface area contributed by atoms with Gasteiger partial charge < -0.3 is 99.5 Å². The van der Waals surface area contributed by atoms with Crippen LogP contribution in [0.15, 0.2) is 4.99 Å². The standard InChI is InChI=1S/C28H54N8O13/c29-2-1-10(38)7-35-17-21(43)19(41)12(6-30)46-25(17)49-24-11(31)3-9(4-15(39)28(45)5-14(28)36-27(33)34)23(22(24)44)48-26-20(42)16(32)18(40)13(8-37)47-26/h9-14,16-26,35,37-38,40-45H,1-8,29-32H2,(H4,33,34,36)/t9-,10?,11-,12+,13+,14?,16-,17+,18+,19+,20+,21+,22+,23-,24?,25+,26+,28?/m0/s1. The minimum absolute atomic E-state index is 0.0401. The summed E-state index contributed by atoms with van der Waals surface area (Å²) in [6.07, 6.45) is -17.0. The molecule has 2 saturated carbocycles. The molecule has 4 fully saturated rings. The van der Waals surface area contributed by atoms with Crippen molar-refractivity contribution in [3.63, 3.8) is 0 Å². The molecule has 21 heteroatoms. The van der Waals surface area contributed by atoms with Crippen molar-refractivity contribution in [2.24, 2.45) is 45.3 Å². The van der Waals surface area contributed by atoms with E-state index < -0.39 is 122 Å². The van der Waals surface area contributed by atoms with Gasteiger partial charge in [-0.25, -0.2) is 4.99 Å². The maximum absolute atomic E-state index is 13.4. The highest BCUT2D eigenvalue weighted by molar-refractivity contribution is 5.92. The van der Waals surface area contributed by atoms with Crippen LogP contribution in [0, 0.1) is 5.92 Å². The van der Waals surface area contributed by atoms with Crippen molar-refractivity contribution in [1.29, 1.82) is 0 Å². The van der Waals surface area contributed by atoms with Crippen LogP contribution >= 0.6 is 0 Å². The molecular weight excluding hydrogens is 656 g/mol. The number of hydrogen-bond donors (Lipinski definition) is 15. The van der Waals surface area contributed by atoms with Crippen LogP contribution in [-0.4, -0.2) is 182 Å². The molecule has 4 rings (SSSR count). The van der Waals surface area contributed by atoms with Crippen LogP contribution in [0.2, 0.25) is 0 Å². The summed E-state index contributed by atoms with van der Waals surface area (Å²) < 4.78 is 23.7. The van der Waals surface area contributed by atoms with E-state index in [1.807, 2.05) is 0 Å². The summed E-state index contributed by atoms with van der Waals surface area (Å²) in [7, 11) is 0. The molecule has 0 aromatic heterocycles. The molecule has 0 radical (unpaired) electrons. The van der Waals surface area contributed by atoms with Gasteiger partial charge in [0.25, 0.3) is 0 Å². The van der Waals surface area contributed by atoms with Gasteiger partial charge in [-0.3, -0.25) is 4.79 Å². The first-order valence-electron chi connectivity index (χ1n) is 16.4. The van der Waals surface area contributed by atoms with E-state index in [9.17, 15) is 45.6 Å². The number of ether oxygens (including phenoxy) is 4. The van der Waals surface area contributed by atoms with Crippen molar-refractivity contribution in [3.8, 4) is 0 Å². The number of nitrogens with zero attached hydrogens (tertiary/aromatic N) is 1. The van der Waals surface area contributed by atoms with Crippen molar-refractivity contribution in [2.45, 2.75) is 129 Å². The molecule has 0 amide bonds. The fourth-order valence-electron chi connectivity index (χ4n) is 6.76. The minimum atomic E-state index is -1.87. The molecule has 2 saturated heterocycles. The molecule has 0 aromatic rings. The van der Waals surface area contributed by atoms with Crippen LogP contribution in [0.4, 0.5) is 0 Å². The summed E-state index contributed by atoms with van der Waals surface area (Å²) >= 11 is 0. The Bertz CT molecular complexity index is 1130.